The molecule has 2 saturated heterocycles. The molecule has 136 valence electrons. The zero-order valence-corrected chi connectivity index (χ0v) is 15.9. The molecule has 0 N–H and O–H groups in total. The van der Waals surface area contributed by atoms with Crippen molar-refractivity contribution in [1.82, 2.24) is 9.80 Å². The highest BCUT2D eigenvalue weighted by molar-refractivity contribution is 5.71. The van der Waals surface area contributed by atoms with Gasteiger partial charge in [-0.2, -0.15) is 0 Å². The number of carbonyl (C=O) groups excluding carboxylic acids is 1. The van der Waals surface area contributed by atoms with Crippen molar-refractivity contribution in [3.63, 3.8) is 0 Å². The normalized spacial score (nSPS) is 29.5. The number of piperazine rings is 1. The van der Waals surface area contributed by atoms with Crippen molar-refractivity contribution in [3.8, 4) is 0 Å². The lowest BCUT2D eigenvalue weighted by molar-refractivity contribution is -0.0421. The Labute approximate surface area is 151 Å². The molecule has 1 amide bonds. The maximum Gasteiger partial charge on any atom is 0.411 e. The second kappa shape index (κ2) is 6.49. The van der Waals surface area contributed by atoms with Crippen LogP contribution < -0.4 is 0 Å². The zero-order valence-electron chi connectivity index (χ0n) is 15.9. The lowest BCUT2D eigenvalue weighted by Gasteiger charge is -2.50. The Morgan fingerprint density at radius 2 is 2.04 bits per heavy atom. The highest BCUT2D eigenvalue weighted by atomic mass is 16.6. The third-order valence-electron chi connectivity index (χ3n) is 5.31. The molecule has 3 rings (SSSR count). The molecule has 0 spiro atoms. The van der Waals surface area contributed by atoms with Crippen LogP contribution in [0.3, 0.4) is 0 Å². The number of amides is 1. The number of ether oxygens (including phenoxy) is 1. The van der Waals surface area contributed by atoms with Crippen LogP contribution in [0.15, 0.2) is 43.0 Å². The molecule has 0 radical (unpaired) electrons. The van der Waals surface area contributed by atoms with E-state index in [1.54, 1.807) is 0 Å². The van der Waals surface area contributed by atoms with Gasteiger partial charge in [-0.3, -0.25) is 9.80 Å². The Hall–Kier alpha value is -1.81. The van der Waals surface area contributed by atoms with Gasteiger partial charge in [-0.15, -0.1) is 6.58 Å². The summed E-state index contributed by atoms with van der Waals surface area (Å²) in [6.07, 6.45) is 3.81. The van der Waals surface area contributed by atoms with Crippen molar-refractivity contribution in [3.05, 3.63) is 48.6 Å². The molecule has 2 fully saturated rings. The van der Waals surface area contributed by atoms with Crippen LogP contribution in [0, 0.1) is 0 Å². The lowest BCUT2D eigenvalue weighted by atomic mass is 9.95. The first-order valence-corrected chi connectivity index (χ1v) is 9.16. The van der Waals surface area contributed by atoms with E-state index >= 15 is 0 Å². The molecule has 2 aliphatic rings. The fraction of sp³-hybridized carbons (Fsp3) is 0.571. The molecule has 25 heavy (non-hydrogen) atoms. The van der Waals surface area contributed by atoms with E-state index in [9.17, 15) is 4.79 Å². The van der Waals surface area contributed by atoms with Crippen LogP contribution in [0.25, 0.3) is 0 Å². The van der Waals surface area contributed by atoms with Crippen LogP contribution in [-0.4, -0.2) is 45.7 Å². The molecule has 0 aromatic heterocycles. The molecule has 4 nitrogen and oxygen atoms in total. The first kappa shape index (κ1) is 18.0. The fourth-order valence-corrected chi connectivity index (χ4v) is 4.33. The van der Waals surface area contributed by atoms with Gasteiger partial charge in [0.2, 0.25) is 0 Å². The number of likely N-dealkylation sites (tertiary alicyclic amines) is 1. The number of carbonyl (C=O) groups is 1. The van der Waals surface area contributed by atoms with Crippen molar-refractivity contribution in [2.75, 3.05) is 6.54 Å². The number of nitrogens with zero attached hydrogens (tertiary/aromatic N) is 2. The van der Waals surface area contributed by atoms with E-state index < -0.39 is 5.60 Å². The van der Waals surface area contributed by atoms with E-state index in [2.05, 4.69) is 42.7 Å². The fourth-order valence-electron chi connectivity index (χ4n) is 4.33. The van der Waals surface area contributed by atoms with Gasteiger partial charge in [0.05, 0.1) is 11.6 Å². The molecule has 0 aliphatic carbocycles. The number of rotatable bonds is 3. The number of hydrogen-bond acceptors (Lipinski definition) is 3. The third-order valence-corrected chi connectivity index (χ3v) is 5.31. The smallest absolute Gasteiger partial charge is 0.411 e. The van der Waals surface area contributed by atoms with E-state index in [-0.39, 0.29) is 23.7 Å². The summed E-state index contributed by atoms with van der Waals surface area (Å²) in [7, 11) is 0. The van der Waals surface area contributed by atoms with Crippen molar-refractivity contribution in [2.24, 2.45) is 0 Å². The largest absolute Gasteiger partial charge is 0.444 e. The van der Waals surface area contributed by atoms with E-state index in [4.69, 9.17) is 4.74 Å². The zero-order chi connectivity index (χ0) is 18.2. The topological polar surface area (TPSA) is 32.8 Å². The molecule has 0 unspecified atom stereocenters. The summed E-state index contributed by atoms with van der Waals surface area (Å²) in [4.78, 5) is 17.3. The molecule has 2 heterocycles. The van der Waals surface area contributed by atoms with Crippen molar-refractivity contribution in [1.29, 1.82) is 0 Å². The summed E-state index contributed by atoms with van der Waals surface area (Å²) >= 11 is 0. The van der Waals surface area contributed by atoms with E-state index in [0.29, 0.717) is 0 Å². The molecular formula is C21H30N2O2. The predicted molar refractivity (Wildman–Crippen MR) is 100 cm³/mol. The van der Waals surface area contributed by atoms with Gasteiger partial charge in [0, 0.05) is 19.1 Å². The molecule has 1 aromatic carbocycles. The monoisotopic (exact) mass is 342 g/mol. The summed E-state index contributed by atoms with van der Waals surface area (Å²) in [6, 6.07) is 10.8. The summed E-state index contributed by atoms with van der Waals surface area (Å²) < 4.78 is 5.70. The summed E-state index contributed by atoms with van der Waals surface area (Å²) in [6.45, 7) is 13.7. The average molecular weight is 342 g/mol. The Kier molecular flexibility index (Phi) is 4.67. The molecular weight excluding hydrogens is 312 g/mol. The highest BCUT2D eigenvalue weighted by Crippen LogP contribution is 2.43. The maximum atomic E-state index is 12.9. The number of hydrogen-bond donors (Lipinski definition) is 0. The van der Waals surface area contributed by atoms with Gasteiger partial charge in [0.15, 0.2) is 0 Å². The molecule has 0 saturated carbocycles. The van der Waals surface area contributed by atoms with Crippen LogP contribution >= 0.6 is 0 Å². The first-order valence-electron chi connectivity index (χ1n) is 9.16. The van der Waals surface area contributed by atoms with Crippen LogP contribution in [0.4, 0.5) is 4.79 Å². The number of benzene rings is 1. The van der Waals surface area contributed by atoms with Gasteiger partial charge in [0.1, 0.15) is 5.60 Å². The van der Waals surface area contributed by atoms with Gasteiger partial charge in [-0.05, 0) is 46.1 Å². The Bertz CT molecular complexity index is 637. The standard InChI is InChI=1S/C21H30N2O2/c1-6-17-18-12-13-21(5,23(18)19(24)25-20(2,3)4)15-22(17)14-16-10-8-7-9-11-16/h6-11,17-18H,1,12-15H2,2-5H3/t17-,18+,21-/m1/s1. The molecule has 3 atom stereocenters. The Balaban J connectivity index is 1.83. The Morgan fingerprint density at radius 3 is 2.64 bits per heavy atom. The Morgan fingerprint density at radius 1 is 1.36 bits per heavy atom. The van der Waals surface area contributed by atoms with Gasteiger partial charge in [-0.1, -0.05) is 36.4 Å². The summed E-state index contributed by atoms with van der Waals surface area (Å²) in [5.74, 6) is 0. The average Bonchev–Trinajstić information content (AvgIpc) is 2.77. The molecule has 4 heteroatoms. The van der Waals surface area contributed by atoms with Crippen LogP contribution in [-0.2, 0) is 11.3 Å². The SMILES string of the molecule is C=C[C@@H]1[C@@H]2CC[C@](C)(CN1Cc1ccccc1)N2C(=O)OC(C)(C)C. The van der Waals surface area contributed by atoms with Gasteiger partial charge in [0.25, 0.3) is 0 Å². The molecule has 1 aromatic rings. The van der Waals surface area contributed by atoms with Gasteiger partial charge in [-0.25, -0.2) is 4.79 Å². The highest BCUT2D eigenvalue weighted by Gasteiger charge is 2.55. The van der Waals surface area contributed by atoms with E-state index in [1.807, 2.05) is 37.8 Å². The minimum atomic E-state index is -0.474. The van der Waals surface area contributed by atoms with E-state index in [1.165, 1.54) is 5.56 Å². The second-order valence-electron chi connectivity index (χ2n) is 8.57. The van der Waals surface area contributed by atoms with Gasteiger partial charge < -0.3 is 4.74 Å². The summed E-state index contributed by atoms with van der Waals surface area (Å²) in [5, 5.41) is 0. The maximum absolute atomic E-state index is 12.9. The lowest BCUT2D eigenvalue weighted by Crippen LogP contribution is -2.65. The quantitative estimate of drug-likeness (QED) is 0.771. The van der Waals surface area contributed by atoms with Gasteiger partial charge >= 0.3 is 6.09 Å². The molecule has 2 aliphatic heterocycles. The van der Waals surface area contributed by atoms with Crippen LogP contribution in [0.5, 0.6) is 0 Å². The van der Waals surface area contributed by atoms with E-state index in [0.717, 1.165) is 25.9 Å². The summed E-state index contributed by atoms with van der Waals surface area (Å²) in [5.41, 5.74) is 0.641. The van der Waals surface area contributed by atoms with Crippen molar-refractivity contribution >= 4 is 6.09 Å². The van der Waals surface area contributed by atoms with Crippen molar-refractivity contribution < 1.29 is 9.53 Å². The first-order chi connectivity index (χ1) is 11.7. The predicted octanol–water partition coefficient (Wildman–Crippen LogP) is 4.22. The van der Waals surface area contributed by atoms with Crippen LogP contribution in [0.1, 0.15) is 46.1 Å². The van der Waals surface area contributed by atoms with Crippen LogP contribution in [0.2, 0.25) is 0 Å². The minimum absolute atomic E-state index is 0.134. The minimum Gasteiger partial charge on any atom is -0.444 e. The molecule has 2 bridgehead atoms. The number of fused-ring (bicyclic) bond motifs is 2. The third kappa shape index (κ3) is 3.59. The second-order valence-corrected chi connectivity index (χ2v) is 8.57. The van der Waals surface area contributed by atoms with Crippen molar-refractivity contribution in [2.45, 2.75) is 70.3 Å².